The second-order valence-electron chi connectivity index (χ2n) is 4.71. The van der Waals surface area contributed by atoms with Crippen molar-refractivity contribution in [1.82, 2.24) is 10.2 Å². The highest BCUT2D eigenvalue weighted by molar-refractivity contribution is 6.34. The first-order chi connectivity index (χ1) is 10.1. The lowest BCUT2D eigenvalue weighted by molar-refractivity contribution is 0.416. The molecule has 106 valence electrons. The minimum atomic E-state index is -0.417. The number of aryl methyl sites for hydroxylation is 1. The van der Waals surface area contributed by atoms with Gasteiger partial charge in [0.15, 0.2) is 5.15 Å². The topological polar surface area (TPSA) is 35.0 Å². The smallest absolute Gasteiger partial charge is 0.162 e. The van der Waals surface area contributed by atoms with Crippen molar-refractivity contribution in [3.05, 3.63) is 52.9 Å². The van der Waals surface area contributed by atoms with Gasteiger partial charge in [0.05, 0.1) is 12.5 Å². The Hall–Kier alpha value is -2.20. The predicted molar refractivity (Wildman–Crippen MR) is 81.2 cm³/mol. The van der Waals surface area contributed by atoms with Crippen molar-refractivity contribution in [2.45, 2.75) is 6.92 Å². The monoisotopic (exact) mass is 302 g/mol. The number of hydrogen-bond donors (Lipinski definition) is 0. The van der Waals surface area contributed by atoms with E-state index >= 15 is 0 Å². The molecule has 5 heteroatoms. The third-order valence-electron chi connectivity index (χ3n) is 3.32. The molecular weight excluding hydrogens is 291 g/mol. The van der Waals surface area contributed by atoms with Gasteiger partial charge in [-0.15, -0.1) is 10.2 Å². The zero-order valence-corrected chi connectivity index (χ0v) is 12.3. The quantitative estimate of drug-likeness (QED) is 0.703. The summed E-state index contributed by atoms with van der Waals surface area (Å²) in [7, 11) is 1.59. The van der Waals surface area contributed by atoms with E-state index in [-0.39, 0.29) is 10.5 Å². The SMILES string of the molecule is COc1cc(C)ccc1-c1nnc(Cl)c2c(F)cccc12. The van der Waals surface area contributed by atoms with E-state index in [9.17, 15) is 4.39 Å². The Morgan fingerprint density at radius 3 is 2.71 bits per heavy atom. The molecule has 0 bridgehead atoms. The second-order valence-corrected chi connectivity index (χ2v) is 5.06. The van der Waals surface area contributed by atoms with Gasteiger partial charge < -0.3 is 4.74 Å². The molecule has 3 rings (SSSR count). The van der Waals surface area contributed by atoms with Crippen LogP contribution in [0.4, 0.5) is 4.39 Å². The summed E-state index contributed by atoms with van der Waals surface area (Å²) >= 11 is 5.98. The molecule has 0 amide bonds. The molecule has 0 aliphatic heterocycles. The summed E-state index contributed by atoms with van der Waals surface area (Å²) in [4.78, 5) is 0. The van der Waals surface area contributed by atoms with E-state index in [2.05, 4.69) is 10.2 Å². The average Bonchev–Trinajstić information content (AvgIpc) is 2.48. The fourth-order valence-electron chi connectivity index (χ4n) is 2.32. The van der Waals surface area contributed by atoms with Gasteiger partial charge in [-0.25, -0.2) is 4.39 Å². The minimum absolute atomic E-state index is 0.0536. The number of fused-ring (bicyclic) bond motifs is 1. The van der Waals surface area contributed by atoms with Gasteiger partial charge in [-0.05, 0) is 30.7 Å². The van der Waals surface area contributed by atoms with Gasteiger partial charge in [-0.2, -0.15) is 0 Å². The van der Waals surface area contributed by atoms with E-state index in [0.29, 0.717) is 16.8 Å². The summed E-state index contributed by atoms with van der Waals surface area (Å²) in [5, 5.41) is 8.92. The van der Waals surface area contributed by atoms with E-state index in [0.717, 1.165) is 11.1 Å². The largest absolute Gasteiger partial charge is 0.496 e. The standard InChI is InChI=1S/C16H12ClFN2O/c1-9-6-7-10(13(8-9)21-2)15-11-4-3-5-12(18)14(11)16(17)20-19-15/h3-8H,1-2H3. The summed E-state index contributed by atoms with van der Waals surface area (Å²) < 4.78 is 19.4. The maximum atomic E-state index is 14.0. The molecule has 2 aromatic carbocycles. The molecule has 3 nitrogen and oxygen atoms in total. The highest BCUT2D eigenvalue weighted by atomic mass is 35.5. The van der Waals surface area contributed by atoms with Crippen molar-refractivity contribution in [2.24, 2.45) is 0 Å². The molecule has 0 saturated heterocycles. The van der Waals surface area contributed by atoms with Gasteiger partial charge in [0, 0.05) is 10.9 Å². The zero-order chi connectivity index (χ0) is 15.0. The number of halogens is 2. The molecule has 0 unspecified atom stereocenters. The van der Waals surface area contributed by atoms with Crippen LogP contribution in [0.1, 0.15) is 5.56 Å². The Balaban J connectivity index is 2.37. The van der Waals surface area contributed by atoms with Crippen LogP contribution in [0.5, 0.6) is 5.75 Å². The van der Waals surface area contributed by atoms with E-state index in [4.69, 9.17) is 16.3 Å². The molecular formula is C16H12ClFN2O. The van der Waals surface area contributed by atoms with Gasteiger partial charge in [-0.1, -0.05) is 29.8 Å². The first kappa shape index (κ1) is 13.8. The van der Waals surface area contributed by atoms with Gasteiger partial charge in [0.2, 0.25) is 0 Å². The van der Waals surface area contributed by atoms with Crippen molar-refractivity contribution in [1.29, 1.82) is 0 Å². The predicted octanol–water partition coefficient (Wildman–Crippen LogP) is 4.41. The summed E-state index contributed by atoms with van der Waals surface area (Å²) in [5.41, 5.74) is 2.36. The maximum Gasteiger partial charge on any atom is 0.162 e. The number of ether oxygens (including phenoxy) is 1. The number of nitrogens with zero attached hydrogens (tertiary/aromatic N) is 2. The first-order valence-corrected chi connectivity index (χ1v) is 6.75. The lowest BCUT2D eigenvalue weighted by Crippen LogP contribution is -1.96. The van der Waals surface area contributed by atoms with Crippen molar-refractivity contribution < 1.29 is 9.13 Å². The van der Waals surface area contributed by atoms with Gasteiger partial charge in [-0.3, -0.25) is 0 Å². The number of benzene rings is 2. The molecule has 0 N–H and O–H groups in total. The van der Waals surface area contributed by atoms with E-state index in [1.54, 1.807) is 19.2 Å². The van der Waals surface area contributed by atoms with E-state index in [1.165, 1.54) is 6.07 Å². The Labute approximate surface area is 126 Å². The van der Waals surface area contributed by atoms with Crippen LogP contribution in [0.25, 0.3) is 22.0 Å². The Morgan fingerprint density at radius 2 is 1.95 bits per heavy atom. The van der Waals surface area contributed by atoms with Gasteiger partial charge in [0.1, 0.15) is 17.3 Å². The molecule has 0 atom stereocenters. The Bertz CT molecular complexity index is 828. The average molecular weight is 303 g/mol. The van der Waals surface area contributed by atoms with Crippen LogP contribution in [-0.4, -0.2) is 17.3 Å². The zero-order valence-electron chi connectivity index (χ0n) is 11.5. The summed E-state index contributed by atoms with van der Waals surface area (Å²) in [5.74, 6) is 0.247. The van der Waals surface area contributed by atoms with E-state index < -0.39 is 5.82 Å². The normalized spacial score (nSPS) is 10.9. The van der Waals surface area contributed by atoms with Crippen LogP contribution < -0.4 is 4.74 Å². The molecule has 0 spiro atoms. The van der Waals surface area contributed by atoms with Gasteiger partial charge >= 0.3 is 0 Å². The van der Waals surface area contributed by atoms with Gasteiger partial charge in [0.25, 0.3) is 0 Å². The van der Waals surface area contributed by atoms with E-state index in [1.807, 2.05) is 25.1 Å². The third kappa shape index (κ3) is 2.32. The van der Waals surface area contributed by atoms with Crippen molar-refractivity contribution in [2.75, 3.05) is 7.11 Å². The van der Waals surface area contributed by atoms with Crippen LogP contribution in [0.3, 0.4) is 0 Å². The molecule has 0 aliphatic rings. The highest BCUT2D eigenvalue weighted by Crippen LogP contribution is 2.36. The van der Waals surface area contributed by atoms with Crippen molar-refractivity contribution in [3.63, 3.8) is 0 Å². The van der Waals surface area contributed by atoms with Crippen LogP contribution in [0, 0.1) is 12.7 Å². The summed E-state index contributed by atoms with van der Waals surface area (Å²) in [6, 6.07) is 10.5. The number of aromatic nitrogens is 2. The number of rotatable bonds is 2. The third-order valence-corrected chi connectivity index (χ3v) is 3.59. The minimum Gasteiger partial charge on any atom is -0.496 e. The molecule has 0 radical (unpaired) electrons. The molecule has 0 fully saturated rings. The number of methoxy groups -OCH3 is 1. The van der Waals surface area contributed by atoms with Crippen LogP contribution in [0.2, 0.25) is 5.15 Å². The lowest BCUT2D eigenvalue weighted by atomic mass is 10.0. The van der Waals surface area contributed by atoms with Crippen molar-refractivity contribution >= 4 is 22.4 Å². The first-order valence-electron chi connectivity index (χ1n) is 6.37. The van der Waals surface area contributed by atoms with Crippen molar-refractivity contribution in [3.8, 4) is 17.0 Å². The fraction of sp³-hybridized carbons (Fsp3) is 0.125. The highest BCUT2D eigenvalue weighted by Gasteiger charge is 2.16. The fourth-order valence-corrected chi connectivity index (χ4v) is 2.55. The molecule has 0 aliphatic carbocycles. The summed E-state index contributed by atoms with van der Waals surface area (Å²) in [6.07, 6.45) is 0. The molecule has 3 aromatic rings. The van der Waals surface area contributed by atoms with Crippen LogP contribution >= 0.6 is 11.6 Å². The number of hydrogen-bond acceptors (Lipinski definition) is 3. The lowest BCUT2D eigenvalue weighted by Gasteiger charge is -2.11. The Morgan fingerprint density at radius 1 is 1.14 bits per heavy atom. The molecule has 1 heterocycles. The summed E-state index contributed by atoms with van der Waals surface area (Å²) in [6.45, 7) is 1.97. The maximum absolute atomic E-state index is 14.0. The van der Waals surface area contributed by atoms with Crippen LogP contribution in [0.15, 0.2) is 36.4 Å². The molecule has 0 saturated carbocycles. The Kier molecular flexibility index (Phi) is 3.47. The second kappa shape index (κ2) is 5.30. The van der Waals surface area contributed by atoms with Crippen LogP contribution in [-0.2, 0) is 0 Å². The molecule has 21 heavy (non-hydrogen) atoms. The molecule has 1 aromatic heterocycles.